The van der Waals surface area contributed by atoms with Gasteiger partial charge in [0, 0.05) is 10.6 Å². The summed E-state index contributed by atoms with van der Waals surface area (Å²) in [5, 5.41) is 0. The third kappa shape index (κ3) is 6.02. The number of hydrogen-bond donors (Lipinski definition) is 0. The van der Waals surface area contributed by atoms with E-state index in [0.717, 1.165) is 0 Å². The third-order valence-electron chi connectivity index (χ3n) is 0.636. The third-order valence-corrected chi connectivity index (χ3v) is 0.964. The average molecular weight is 118 g/mol. The van der Waals surface area contributed by atoms with Crippen LogP contribution in [0.5, 0.6) is 0 Å². The number of hydrogen-bond acceptors (Lipinski definition) is 1. The SMILES string of the molecule is CC(C)[CH]C[S+]=O. The highest BCUT2D eigenvalue weighted by atomic mass is 32.1. The Morgan fingerprint density at radius 1 is 1.71 bits per heavy atom. The molecule has 0 aliphatic rings. The summed E-state index contributed by atoms with van der Waals surface area (Å²) < 4.78 is 9.72. The average Bonchev–Trinajstić information content (AvgIpc) is 1.61. The predicted molar refractivity (Wildman–Crippen MR) is 32.1 cm³/mol. The summed E-state index contributed by atoms with van der Waals surface area (Å²) in [4.78, 5) is 0. The topological polar surface area (TPSA) is 17.1 Å². The molecule has 7 heavy (non-hydrogen) atoms. The Kier molecular flexibility index (Phi) is 4.20. The summed E-state index contributed by atoms with van der Waals surface area (Å²) in [5.74, 6) is 1.19. The lowest BCUT2D eigenvalue weighted by Crippen LogP contribution is -1.91. The molecule has 0 unspecified atom stereocenters. The molecule has 41 valence electrons. The van der Waals surface area contributed by atoms with E-state index in [1.165, 1.54) is 0 Å². The van der Waals surface area contributed by atoms with Gasteiger partial charge in [-0.2, -0.15) is 0 Å². The highest BCUT2D eigenvalue weighted by Crippen LogP contribution is 1.94. The molecule has 0 saturated heterocycles. The van der Waals surface area contributed by atoms with Crippen molar-refractivity contribution in [3.8, 4) is 0 Å². The van der Waals surface area contributed by atoms with Crippen LogP contribution in [0.2, 0.25) is 0 Å². The van der Waals surface area contributed by atoms with Crippen molar-refractivity contribution in [2.24, 2.45) is 5.92 Å². The van der Waals surface area contributed by atoms with Crippen LogP contribution in [0.1, 0.15) is 13.8 Å². The van der Waals surface area contributed by atoms with Gasteiger partial charge in [0.15, 0.2) is 0 Å². The van der Waals surface area contributed by atoms with E-state index in [0.29, 0.717) is 23.3 Å². The Bertz CT molecular complexity index is 52.0. The predicted octanol–water partition coefficient (Wildman–Crippen LogP) is 1.27. The van der Waals surface area contributed by atoms with Gasteiger partial charge in [0.25, 0.3) is 0 Å². The van der Waals surface area contributed by atoms with Crippen molar-refractivity contribution < 1.29 is 4.21 Å². The maximum atomic E-state index is 9.72. The van der Waals surface area contributed by atoms with Crippen molar-refractivity contribution >= 4 is 11.7 Å². The van der Waals surface area contributed by atoms with Gasteiger partial charge < -0.3 is 0 Å². The zero-order valence-corrected chi connectivity index (χ0v) is 5.49. The van der Waals surface area contributed by atoms with Crippen molar-refractivity contribution in [2.75, 3.05) is 5.75 Å². The molecule has 0 aromatic carbocycles. The quantitative estimate of drug-likeness (QED) is 0.510. The molecule has 0 atom stereocenters. The molecular formula is C5H10OS+. The van der Waals surface area contributed by atoms with Gasteiger partial charge in [0.2, 0.25) is 5.75 Å². The summed E-state index contributed by atoms with van der Waals surface area (Å²) >= 11 is 0.624. The minimum Gasteiger partial charge on any atom is -0.0623 e. The molecule has 0 aromatic heterocycles. The molecule has 0 rings (SSSR count). The van der Waals surface area contributed by atoms with E-state index in [-0.39, 0.29) is 0 Å². The molecule has 0 amide bonds. The molecule has 0 aromatic rings. The van der Waals surface area contributed by atoms with Crippen molar-refractivity contribution in [1.29, 1.82) is 0 Å². The lowest BCUT2D eigenvalue weighted by Gasteiger charge is -1.89. The van der Waals surface area contributed by atoms with Crippen LogP contribution in [0.3, 0.4) is 0 Å². The van der Waals surface area contributed by atoms with Gasteiger partial charge in [-0.25, -0.2) is 0 Å². The molecule has 0 saturated carbocycles. The molecule has 2 heteroatoms. The lowest BCUT2D eigenvalue weighted by atomic mass is 10.2. The van der Waals surface area contributed by atoms with Crippen molar-refractivity contribution in [3.63, 3.8) is 0 Å². The van der Waals surface area contributed by atoms with Gasteiger partial charge in [-0.05, 0) is 5.92 Å². The maximum Gasteiger partial charge on any atom is 0.458 e. The second-order valence-corrected chi connectivity index (χ2v) is 2.33. The second kappa shape index (κ2) is 4.19. The molecule has 0 aliphatic carbocycles. The van der Waals surface area contributed by atoms with Crippen molar-refractivity contribution in [3.05, 3.63) is 6.42 Å². The van der Waals surface area contributed by atoms with Gasteiger partial charge in [-0.3, -0.25) is 0 Å². The summed E-state index contributed by atoms with van der Waals surface area (Å²) in [6, 6.07) is 0. The normalized spacial score (nSPS) is 9.57. The summed E-state index contributed by atoms with van der Waals surface area (Å²) in [6.07, 6.45) is 2.00. The van der Waals surface area contributed by atoms with E-state index in [2.05, 4.69) is 13.8 Å². The first-order chi connectivity index (χ1) is 3.27. The molecular weight excluding hydrogens is 108 g/mol. The molecule has 0 N–H and O–H groups in total. The first kappa shape index (κ1) is 7.02. The van der Waals surface area contributed by atoms with Gasteiger partial charge in [-0.15, -0.1) is 0 Å². The molecule has 0 heterocycles. The summed E-state index contributed by atoms with van der Waals surface area (Å²) in [5.41, 5.74) is 0. The Morgan fingerprint density at radius 2 is 2.29 bits per heavy atom. The smallest absolute Gasteiger partial charge is 0.0623 e. The van der Waals surface area contributed by atoms with Crippen LogP contribution in [0.4, 0.5) is 0 Å². The maximum absolute atomic E-state index is 9.72. The van der Waals surface area contributed by atoms with E-state index < -0.39 is 0 Å². The second-order valence-electron chi connectivity index (χ2n) is 1.76. The van der Waals surface area contributed by atoms with Crippen LogP contribution in [-0.2, 0) is 15.9 Å². The molecule has 0 spiro atoms. The minimum absolute atomic E-state index is 0.557. The van der Waals surface area contributed by atoms with Gasteiger partial charge >= 0.3 is 11.7 Å². The fourth-order valence-corrected chi connectivity index (χ4v) is 0.695. The van der Waals surface area contributed by atoms with Crippen LogP contribution in [-0.4, -0.2) is 5.75 Å². The zero-order chi connectivity index (χ0) is 5.70. The monoisotopic (exact) mass is 118 g/mol. The van der Waals surface area contributed by atoms with Crippen LogP contribution in [0, 0.1) is 12.3 Å². The lowest BCUT2D eigenvalue weighted by molar-refractivity contribution is 0.604. The van der Waals surface area contributed by atoms with Gasteiger partial charge in [0.05, 0.1) is 0 Å². The van der Waals surface area contributed by atoms with E-state index in [9.17, 15) is 4.21 Å². The van der Waals surface area contributed by atoms with E-state index in [1.807, 2.05) is 6.42 Å². The fourth-order valence-electron chi connectivity index (χ4n) is 0.232. The number of rotatable bonds is 3. The first-order valence-corrected chi connectivity index (χ1v) is 3.26. The largest absolute Gasteiger partial charge is 0.458 e. The van der Waals surface area contributed by atoms with Crippen LogP contribution < -0.4 is 0 Å². The Hall–Kier alpha value is 0.0200. The molecule has 0 bridgehead atoms. The standard InChI is InChI=1S/C5H10OS/c1-5(2)3-4-7-6/h3,5H,4H2,1-2H3/q+1. The molecule has 0 fully saturated rings. The minimum atomic E-state index is 0.557. The highest BCUT2D eigenvalue weighted by Gasteiger charge is 2.00. The highest BCUT2D eigenvalue weighted by molar-refractivity contribution is 7.65. The van der Waals surface area contributed by atoms with Gasteiger partial charge in [0.1, 0.15) is 0 Å². The van der Waals surface area contributed by atoms with Crippen LogP contribution in [0.15, 0.2) is 0 Å². The van der Waals surface area contributed by atoms with Crippen LogP contribution >= 0.6 is 0 Å². The Morgan fingerprint density at radius 3 is 2.43 bits per heavy atom. The fraction of sp³-hybridized carbons (Fsp3) is 0.800. The van der Waals surface area contributed by atoms with Crippen molar-refractivity contribution in [1.82, 2.24) is 0 Å². The van der Waals surface area contributed by atoms with Crippen LogP contribution in [0.25, 0.3) is 0 Å². The summed E-state index contributed by atoms with van der Waals surface area (Å²) in [7, 11) is 0. The van der Waals surface area contributed by atoms with Gasteiger partial charge in [-0.1, -0.05) is 13.8 Å². The summed E-state index contributed by atoms with van der Waals surface area (Å²) in [6.45, 7) is 4.13. The molecule has 0 aliphatic heterocycles. The van der Waals surface area contributed by atoms with Crippen molar-refractivity contribution in [2.45, 2.75) is 13.8 Å². The Labute approximate surface area is 48.6 Å². The Balaban J connectivity index is 2.81. The molecule has 1 radical (unpaired) electrons. The van der Waals surface area contributed by atoms with E-state index in [1.54, 1.807) is 0 Å². The zero-order valence-electron chi connectivity index (χ0n) is 4.68. The van der Waals surface area contributed by atoms with E-state index >= 15 is 0 Å². The first-order valence-electron chi connectivity index (χ1n) is 2.35. The van der Waals surface area contributed by atoms with E-state index in [4.69, 9.17) is 0 Å². The molecule has 1 nitrogen and oxygen atoms in total.